The van der Waals surface area contributed by atoms with Crippen molar-refractivity contribution in [1.29, 1.82) is 0 Å². The molecule has 0 saturated carbocycles. The van der Waals surface area contributed by atoms with Crippen LogP contribution in [0.25, 0.3) is 0 Å². The molecule has 19 heavy (non-hydrogen) atoms. The first-order chi connectivity index (χ1) is 8.97. The summed E-state index contributed by atoms with van der Waals surface area (Å²) in [7, 11) is 1.70. The van der Waals surface area contributed by atoms with E-state index in [9.17, 15) is 9.59 Å². The fraction of sp³-hybridized carbons (Fsp3) is 0.429. The van der Waals surface area contributed by atoms with Gasteiger partial charge in [-0.2, -0.15) is 0 Å². The van der Waals surface area contributed by atoms with Crippen molar-refractivity contribution in [2.24, 2.45) is 5.73 Å². The molecule has 2 amide bonds. The minimum atomic E-state index is -0.761. The molecule has 1 aromatic carbocycles. The number of nitrogens with two attached hydrogens (primary N) is 1. The number of nitrogens with one attached hydrogen (secondary N) is 1. The second-order valence-electron chi connectivity index (χ2n) is 4.47. The number of nitrogens with zero attached hydrogens (tertiary/aromatic N) is 1. The molecule has 0 radical (unpaired) electrons. The summed E-state index contributed by atoms with van der Waals surface area (Å²) in [5.74, 6) is -0.479. The highest BCUT2D eigenvalue weighted by Gasteiger charge is 2.22. The highest BCUT2D eigenvalue weighted by molar-refractivity contribution is 5.89. The predicted molar refractivity (Wildman–Crippen MR) is 74.3 cm³/mol. The number of hydrogen-bond donors (Lipinski definition) is 2. The molecule has 3 N–H and O–H groups in total. The van der Waals surface area contributed by atoms with E-state index in [1.807, 2.05) is 25.1 Å². The van der Waals surface area contributed by atoms with Crippen LogP contribution in [0, 0.1) is 0 Å². The molecule has 1 unspecified atom stereocenters. The van der Waals surface area contributed by atoms with Gasteiger partial charge in [0.15, 0.2) is 0 Å². The van der Waals surface area contributed by atoms with Crippen molar-refractivity contribution in [3.8, 4) is 0 Å². The third kappa shape index (κ3) is 4.06. The summed E-state index contributed by atoms with van der Waals surface area (Å²) < 4.78 is 0. The van der Waals surface area contributed by atoms with Gasteiger partial charge in [-0.3, -0.25) is 9.59 Å². The first kappa shape index (κ1) is 15.2. The predicted octanol–water partition coefficient (Wildman–Crippen LogP) is 0.669. The van der Waals surface area contributed by atoms with E-state index in [1.165, 1.54) is 0 Å². The van der Waals surface area contributed by atoms with Crippen LogP contribution in [0.4, 0.5) is 0 Å². The lowest BCUT2D eigenvalue weighted by Gasteiger charge is -2.22. The molecule has 0 aromatic heterocycles. The van der Waals surface area contributed by atoms with Crippen LogP contribution in [0.3, 0.4) is 0 Å². The fourth-order valence-electron chi connectivity index (χ4n) is 1.66. The summed E-state index contributed by atoms with van der Waals surface area (Å²) in [5, 5.41) is 2.64. The molecule has 0 fully saturated rings. The van der Waals surface area contributed by atoms with Crippen molar-refractivity contribution in [3.05, 3.63) is 35.9 Å². The third-order valence-corrected chi connectivity index (χ3v) is 3.02. The molecule has 1 rings (SSSR count). The topological polar surface area (TPSA) is 75.4 Å². The molecule has 1 aromatic rings. The fourth-order valence-corrected chi connectivity index (χ4v) is 1.66. The summed E-state index contributed by atoms with van der Waals surface area (Å²) >= 11 is 0. The minimum Gasteiger partial charge on any atom is -0.344 e. The SMILES string of the molecule is CCN(C)C(=O)C(C)NC(=O)[C@H](N)c1ccccc1. The van der Waals surface area contributed by atoms with Gasteiger partial charge in [-0.15, -0.1) is 0 Å². The Morgan fingerprint density at radius 3 is 2.42 bits per heavy atom. The maximum absolute atomic E-state index is 12.0. The number of hydrogen-bond acceptors (Lipinski definition) is 3. The summed E-state index contributed by atoms with van der Waals surface area (Å²) in [5.41, 5.74) is 6.58. The van der Waals surface area contributed by atoms with Crippen molar-refractivity contribution in [1.82, 2.24) is 10.2 Å². The van der Waals surface area contributed by atoms with E-state index in [-0.39, 0.29) is 11.8 Å². The molecular formula is C14H21N3O2. The Morgan fingerprint density at radius 2 is 1.89 bits per heavy atom. The van der Waals surface area contributed by atoms with Gasteiger partial charge >= 0.3 is 0 Å². The van der Waals surface area contributed by atoms with Crippen LogP contribution >= 0.6 is 0 Å². The monoisotopic (exact) mass is 263 g/mol. The number of carbonyl (C=O) groups excluding carboxylic acids is 2. The van der Waals surface area contributed by atoms with Gasteiger partial charge in [0, 0.05) is 13.6 Å². The Hall–Kier alpha value is -1.88. The van der Waals surface area contributed by atoms with E-state index in [0.29, 0.717) is 6.54 Å². The van der Waals surface area contributed by atoms with Crippen molar-refractivity contribution in [3.63, 3.8) is 0 Å². The van der Waals surface area contributed by atoms with Gasteiger partial charge in [0.05, 0.1) is 0 Å². The average Bonchev–Trinajstić information content (AvgIpc) is 2.45. The molecule has 2 atom stereocenters. The highest BCUT2D eigenvalue weighted by Crippen LogP contribution is 2.09. The Balaban J connectivity index is 2.62. The number of likely N-dealkylation sites (N-methyl/N-ethyl adjacent to an activating group) is 1. The molecule has 5 nitrogen and oxygen atoms in total. The smallest absolute Gasteiger partial charge is 0.244 e. The lowest BCUT2D eigenvalue weighted by molar-refractivity contribution is -0.135. The lowest BCUT2D eigenvalue weighted by atomic mass is 10.1. The Labute approximate surface area is 113 Å². The van der Waals surface area contributed by atoms with Crippen LogP contribution in [0.2, 0.25) is 0 Å². The van der Waals surface area contributed by atoms with Gasteiger partial charge in [0.25, 0.3) is 0 Å². The molecule has 5 heteroatoms. The molecule has 0 aliphatic carbocycles. The zero-order valence-corrected chi connectivity index (χ0v) is 11.6. The standard InChI is InChI=1S/C14H21N3O2/c1-4-17(3)14(19)10(2)16-13(18)12(15)11-8-6-5-7-9-11/h5-10,12H,4,15H2,1-3H3,(H,16,18)/t10?,12-/m1/s1. The van der Waals surface area contributed by atoms with E-state index >= 15 is 0 Å². The van der Waals surface area contributed by atoms with E-state index in [2.05, 4.69) is 5.32 Å². The Bertz CT molecular complexity index is 434. The van der Waals surface area contributed by atoms with Gasteiger partial charge in [0.2, 0.25) is 11.8 Å². The Morgan fingerprint density at radius 1 is 1.32 bits per heavy atom. The first-order valence-corrected chi connectivity index (χ1v) is 6.33. The number of amides is 2. The van der Waals surface area contributed by atoms with E-state index in [1.54, 1.807) is 31.0 Å². The molecular weight excluding hydrogens is 242 g/mol. The zero-order chi connectivity index (χ0) is 14.4. The average molecular weight is 263 g/mol. The van der Waals surface area contributed by atoms with Crippen molar-refractivity contribution >= 4 is 11.8 Å². The van der Waals surface area contributed by atoms with Crippen LogP contribution in [0.15, 0.2) is 30.3 Å². The zero-order valence-electron chi connectivity index (χ0n) is 11.6. The van der Waals surface area contributed by atoms with E-state index in [0.717, 1.165) is 5.56 Å². The van der Waals surface area contributed by atoms with Gasteiger partial charge in [0.1, 0.15) is 12.1 Å². The number of rotatable bonds is 5. The van der Waals surface area contributed by atoms with E-state index < -0.39 is 12.1 Å². The quantitative estimate of drug-likeness (QED) is 0.820. The summed E-state index contributed by atoms with van der Waals surface area (Å²) in [4.78, 5) is 25.4. The molecule has 0 saturated heterocycles. The third-order valence-electron chi connectivity index (χ3n) is 3.02. The second-order valence-corrected chi connectivity index (χ2v) is 4.47. The molecule has 0 aliphatic heterocycles. The summed E-state index contributed by atoms with van der Waals surface area (Å²) in [6.07, 6.45) is 0. The molecule has 0 aliphatic rings. The van der Waals surface area contributed by atoms with Gasteiger partial charge in [-0.25, -0.2) is 0 Å². The first-order valence-electron chi connectivity index (χ1n) is 6.33. The summed E-state index contributed by atoms with van der Waals surface area (Å²) in [6.45, 7) is 4.13. The van der Waals surface area contributed by atoms with Gasteiger partial charge in [-0.05, 0) is 19.4 Å². The van der Waals surface area contributed by atoms with E-state index in [4.69, 9.17) is 5.73 Å². The maximum Gasteiger partial charge on any atom is 0.244 e. The number of benzene rings is 1. The lowest BCUT2D eigenvalue weighted by Crippen LogP contribution is -2.48. The minimum absolute atomic E-state index is 0.129. The second kappa shape index (κ2) is 6.89. The summed E-state index contributed by atoms with van der Waals surface area (Å²) in [6, 6.07) is 7.74. The maximum atomic E-state index is 12.0. The Kier molecular flexibility index (Phi) is 5.51. The van der Waals surface area contributed by atoms with Crippen molar-refractivity contribution < 1.29 is 9.59 Å². The van der Waals surface area contributed by atoms with Crippen LogP contribution < -0.4 is 11.1 Å². The molecule has 0 bridgehead atoms. The largest absolute Gasteiger partial charge is 0.344 e. The highest BCUT2D eigenvalue weighted by atomic mass is 16.2. The number of carbonyl (C=O) groups is 2. The molecule has 104 valence electrons. The van der Waals surface area contributed by atoms with Crippen LogP contribution in [0.1, 0.15) is 25.5 Å². The molecule has 0 heterocycles. The van der Waals surface area contributed by atoms with Gasteiger partial charge in [-0.1, -0.05) is 30.3 Å². The normalized spacial score (nSPS) is 13.5. The molecule has 0 spiro atoms. The van der Waals surface area contributed by atoms with Crippen LogP contribution in [-0.4, -0.2) is 36.3 Å². The van der Waals surface area contributed by atoms with Crippen molar-refractivity contribution in [2.45, 2.75) is 25.9 Å². The van der Waals surface area contributed by atoms with Crippen LogP contribution in [-0.2, 0) is 9.59 Å². The van der Waals surface area contributed by atoms with Gasteiger partial charge < -0.3 is 16.0 Å². The van der Waals surface area contributed by atoms with Crippen LogP contribution in [0.5, 0.6) is 0 Å². The van der Waals surface area contributed by atoms with Crippen molar-refractivity contribution in [2.75, 3.05) is 13.6 Å².